The number of hydrogen-bond donors (Lipinski definition) is 2. The number of para-hydroxylation sites is 2. The second kappa shape index (κ2) is 10.1. The SMILES string of the molecule is Cc1c(C(N)=O)sc(NC(=O)c2ccn(COc3ccccc3[N+](=O)[O-])n2)c1C(=O)OC(C)C. The average molecular weight is 487 g/mol. The summed E-state index contributed by atoms with van der Waals surface area (Å²) in [7, 11) is 0. The summed E-state index contributed by atoms with van der Waals surface area (Å²) in [4.78, 5) is 47.7. The third-order valence-electron chi connectivity index (χ3n) is 4.43. The van der Waals surface area contributed by atoms with E-state index in [0.29, 0.717) is 5.56 Å². The number of rotatable bonds is 9. The van der Waals surface area contributed by atoms with Crippen LogP contribution in [0.25, 0.3) is 0 Å². The average Bonchev–Trinajstić information content (AvgIpc) is 3.36. The van der Waals surface area contributed by atoms with Crippen LogP contribution in [-0.2, 0) is 11.5 Å². The van der Waals surface area contributed by atoms with E-state index in [1.54, 1.807) is 19.9 Å². The molecule has 0 unspecified atom stereocenters. The van der Waals surface area contributed by atoms with E-state index in [0.717, 1.165) is 11.3 Å². The summed E-state index contributed by atoms with van der Waals surface area (Å²) in [6.45, 7) is 4.70. The molecule has 0 saturated heterocycles. The highest BCUT2D eigenvalue weighted by Crippen LogP contribution is 2.34. The van der Waals surface area contributed by atoms with E-state index in [1.807, 2.05) is 0 Å². The molecule has 34 heavy (non-hydrogen) atoms. The van der Waals surface area contributed by atoms with Crippen molar-refractivity contribution in [1.29, 1.82) is 0 Å². The minimum absolute atomic E-state index is 0.0129. The van der Waals surface area contributed by atoms with Gasteiger partial charge < -0.3 is 20.5 Å². The first kappa shape index (κ1) is 24.4. The molecule has 0 aliphatic heterocycles. The van der Waals surface area contributed by atoms with Gasteiger partial charge in [-0.1, -0.05) is 12.1 Å². The van der Waals surface area contributed by atoms with Gasteiger partial charge in [-0.25, -0.2) is 9.48 Å². The van der Waals surface area contributed by atoms with Crippen molar-refractivity contribution in [2.45, 2.75) is 33.6 Å². The molecule has 0 radical (unpaired) electrons. The quantitative estimate of drug-likeness (QED) is 0.263. The summed E-state index contributed by atoms with van der Waals surface area (Å²) in [5.74, 6) is -2.04. The molecule has 0 bridgehead atoms. The number of carbonyl (C=O) groups excluding carboxylic acids is 3. The molecule has 0 saturated carbocycles. The summed E-state index contributed by atoms with van der Waals surface area (Å²) in [6, 6.07) is 7.27. The lowest BCUT2D eigenvalue weighted by molar-refractivity contribution is -0.386. The smallest absolute Gasteiger partial charge is 0.341 e. The van der Waals surface area contributed by atoms with E-state index >= 15 is 0 Å². The molecule has 3 aromatic rings. The van der Waals surface area contributed by atoms with Gasteiger partial charge in [-0.05, 0) is 38.5 Å². The second-order valence-corrected chi connectivity index (χ2v) is 8.29. The van der Waals surface area contributed by atoms with E-state index in [9.17, 15) is 24.5 Å². The van der Waals surface area contributed by atoms with Gasteiger partial charge in [-0.15, -0.1) is 11.3 Å². The summed E-state index contributed by atoms with van der Waals surface area (Å²) in [5, 5.41) is 17.9. The van der Waals surface area contributed by atoms with Crippen molar-refractivity contribution in [2.24, 2.45) is 5.73 Å². The third kappa shape index (κ3) is 5.38. The number of nitro groups is 1. The van der Waals surface area contributed by atoms with Crippen LogP contribution in [0.4, 0.5) is 10.7 Å². The Kier molecular flexibility index (Phi) is 7.26. The van der Waals surface area contributed by atoms with Gasteiger partial charge in [-0.3, -0.25) is 19.7 Å². The molecule has 3 rings (SSSR count). The molecular formula is C21H21N5O7S. The first-order chi connectivity index (χ1) is 16.1. The van der Waals surface area contributed by atoms with Crippen molar-refractivity contribution in [2.75, 3.05) is 5.32 Å². The molecule has 0 aliphatic carbocycles. The lowest BCUT2D eigenvalue weighted by atomic mass is 10.1. The van der Waals surface area contributed by atoms with E-state index in [2.05, 4.69) is 10.4 Å². The first-order valence-corrected chi connectivity index (χ1v) is 10.7. The third-order valence-corrected chi connectivity index (χ3v) is 5.65. The van der Waals surface area contributed by atoms with Crippen molar-refractivity contribution < 1.29 is 28.8 Å². The maximum Gasteiger partial charge on any atom is 0.341 e. The van der Waals surface area contributed by atoms with Gasteiger partial charge in [0.15, 0.2) is 18.2 Å². The Morgan fingerprint density at radius 3 is 2.62 bits per heavy atom. The number of aromatic nitrogens is 2. The van der Waals surface area contributed by atoms with Crippen molar-refractivity contribution in [3.63, 3.8) is 0 Å². The molecule has 12 nitrogen and oxygen atoms in total. The maximum absolute atomic E-state index is 12.8. The standard InChI is InChI=1S/C21H21N5O7S/c1-11(2)33-21(29)16-12(3)17(18(22)27)34-20(16)23-19(28)13-8-9-25(24-13)10-32-15-7-5-4-6-14(15)26(30)31/h4-9,11H,10H2,1-3H3,(H2,22,27)(H,23,28). The Hall–Kier alpha value is -4.26. The fraction of sp³-hybridized carbons (Fsp3) is 0.238. The number of nitrogens with one attached hydrogen (secondary N) is 1. The van der Waals surface area contributed by atoms with Crippen molar-refractivity contribution in [3.8, 4) is 5.75 Å². The number of nitro benzene ring substituents is 1. The number of primary amides is 1. The van der Waals surface area contributed by atoms with Crippen LogP contribution in [0, 0.1) is 17.0 Å². The molecule has 13 heteroatoms. The molecule has 2 amide bonds. The van der Waals surface area contributed by atoms with Crippen molar-refractivity contribution in [3.05, 3.63) is 68.3 Å². The largest absolute Gasteiger partial charge is 0.464 e. The van der Waals surface area contributed by atoms with Crippen molar-refractivity contribution in [1.82, 2.24) is 9.78 Å². The van der Waals surface area contributed by atoms with Crippen LogP contribution in [0.15, 0.2) is 36.5 Å². The van der Waals surface area contributed by atoms with Gasteiger partial charge in [0.2, 0.25) is 0 Å². The number of ether oxygens (including phenoxy) is 2. The highest BCUT2D eigenvalue weighted by Gasteiger charge is 2.27. The van der Waals surface area contributed by atoms with E-state index < -0.39 is 28.8 Å². The molecule has 0 fully saturated rings. The number of hydrogen-bond acceptors (Lipinski definition) is 9. The highest BCUT2D eigenvalue weighted by molar-refractivity contribution is 7.18. The zero-order valence-corrected chi connectivity index (χ0v) is 19.3. The van der Waals surface area contributed by atoms with Crippen LogP contribution < -0.4 is 15.8 Å². The topological polar surface area (TPSA) is 169 Å². The number of esters is 1. The van der Waals surface area contributed by atoms with E-state index in [1.165, 1.54) is 42.1 Å². The number of amides is 2. The van der Waals surface area contributed by atoms with Crippen LogP contribution in [0.2, 0.25) is 0 Å². The molecular weight excluding hydrogens is 466 g/mol. The lowest BCUT2D eigenvalue weighted by Gasteiger charge is -2.10. The Bertz CT molecular complexity index is 1260. The molecule has 0 atom stereocenters. The second-order valence-electron chi connectivity index (χ2n) is 7.27. The number of nitrogens with zero attached hydrogens (tertiary/aromatic N) is 3. The molecule has 3 N–H and O–H groups in total. The minimum Gasteiger partial charge on any atom is -0.464 e. The molecule has 2 aromatic heterocycles. The monoisotopic (exact) mass is 487 g/mol. The summed E-state index contributed by atoms with van der Waals surface area (Å²) >= 11 is 0.861. The zero-order chi connectivity index (χ0) is 25.0. The molecule has 1 aromatic carbocycles. The predicted octanol–water partition coefficient (Wildman–Crippen LogP) is 3.11. The number of thiophene rings is 1. The van der Waals surface area contributed by atoms with E-state index in [-0.39, 0.29) is 39.3 Å². The van der Waals surface area contributed by atoms with Crippen LogP contribution in [0.1, 0.15) is 49.9 Å². The zero-order valence-electron chi connectivity index (χ0n) is 18.4. The Balaban J connectivity index is 1.77. The summed E-state index contributed by atoms with van der Waals surface area (Å²) in [6.07, 6.45) is 1.04. The normalized spacial score (nSPS) is 10.7. The van der Waals surface area contributed by atoms with Crippen LogP contribution >= 0.6 is 11.3 Å². The summed E-state index contributed by atoms with van der Waals surface area (Å²) in [5.41, 5.74) is 5.52. The Morgan fingerprint density at radius 2 is 1.97 bits per heavy atom. The van der Waals surface area contributed by atoms with Gasteiger partial charge in [0.25, 0.3) is 11.8 Å². The van der Waals surface area contributed by atoms with Crippen LogP contribution in [0.5, 0.6) is 5.75 Å². The maximum atomic E-state index is 12.8. The van der Waals surface area contributed by atoms with Crippen LogP contribution in [-0.4, -0.2) is 38.6 Å². The number of anilines is 1. The highest BCUT2D eigenvalue weighted by atomic mass is 32.1. The van der Waals surface area contributed by atoms with Gasteiger partial charge in [0.05, 0.1) is 21.5 Å². The number of carbonyl (C=O) groups is 3. The van der Waals surface area contributed by atoms with Gasteiger partial charge in [-0.2, -0.15) is 5.10 Å². The summed E-state index contributed by atoms with van der Waals surface area (Å²) < 4.78 is 11.9. The fourth-order valence-electron chi connectivity index (χ4n) is 2.94. The minimum atomic E-state index is -0.738. The van der Waals surface area contributed by atoms with Crippen LogP contribution in [0.3, 0.4) is 0 Å². The van der Waals surface area contributed by atoms with Gasteiger partial charge >= 0.3 is 11.7 Å². The first-order valence-electron chi connectivity index (χ1n) is 9.93. The number of nitrogens with two attached hydrogens (primary N) is 1. The molecule has 2 heterocycles. The van der Waals surface area contributed by atoms with Gasteiger partial charge in [0.1, 0.15) is 5.00 Å². The fourth-order valence-corrected chi connectivity index (χ4v) is 3.99. The predicted molar refractivity (Wildman–Crippen MR) is 122 cm³/mol. The molecule has 0 spiro atoms. The number of benzene rings is 1. The Morgan fingerprint density at radius 1 is 1.26 bits per heavy atom. The lowest BCUT2D eigenvalue weighted by Crippen LogP contribution is -2.18. The van der Waals surface area contributed by atoms with E-state index in [4.69, 9.17) is 15.2 Å². The van der Waals surface area contributed by atoms with Crippen molar-refractivity contribution >= 4 is 39.8 Å². The Labute approximate surface area is 197 Å². The molecule has 178 valence electrons. The molecule has 0 aliphatic rings. The van der Waals surface area contributed by atoms with Gasteiger partial charge in [0, 0.05) is 12.3 Å².